The molecule has 1 aromatic carbocycles. The van der Waals surface area contributed by atoms with Crippen LogP contribution in [0, 0.1) is 5.82 Å². The number of hydrogen-bond donors (Lipinski definition) is 1. The molecule has 1 fully saturated rings. The molecule has 3 rings (SSSR count). The van der Waals surface area contributed by atoms with Crippen LogP contribution in [0.2, 0.25) is 0 Å². The van der Waals surface area contributed by atoms with Crippen molar-refractivity contribution in [2.45, 2.75) is 31.7 Å². The van der Waals surface area contributed by atoms with Crippen LogP contribution in [-0.2, 0) is 0 Å². The van der Waals surface area contributed by atoms with Gasteiger partial charge in [-0.2, -0.15) is 5.10 Å². The van der Waals surface area contributed by atoms with Gasteiger partial charge in [-0.1, -0.05) is 12.8 Å². The lowest BCUT2D eigenvalue weighted by Crippen LogP contribution is -2.14. The van der Waals surface area contributed by atoms with Gasteiger partial charge in [0.1, 0.15) is 11.5 Å². The zero-order chi connectivity index (χ0) is 14.1. The molecule has 1 heterocycles. The SMILES string of the molecule is O=C(O)c1cc(-c2ccc(F)cc2)nn1C1CCCC1. The molecule has 0 unspecified atom stereocenters. The summed E-state index contributed by atoms with van der Waals surface area (Å²) in [7, 11) is 0. The highest BCUT2D eigenvalue weighted by atomic mass is 19.1. The van der Waals surface area contributed by atoms with Crippen molar-refractivity contribution >= 4 is 5.97 Å². The smallest absolute Gasteiger partial charge is 0.354 e. The van der Waals surface area contributed by atoms with Crippen LogP contribution in [0.1, 0.15) is 42.2 Å². The number of carbonyl (C=O) groups is 1. The highest BCUT2D eigenvalue weighted by Crippen LogP contribution is 2.31. The molecule has 2 aromatic rings. The van der Waals surface area contributed by atoms with Gasteiger partial charge in [-0.25, -0.2) is 9.18 Å². The van der Waals surface area contributed by atoms with Gasteiger partial charge in [-0.15, -0.1) is 0 Å². The summed E-state index contributed by atoms with van der Waals surface area (Å²) in [5.41, 5.74) is 1.51. The number of benzene rings is 1. The first kappa shape index (κ1) is 12.8. The van der Waals surface area contributed by atoms with Crippen LogP contribution in [0.3, 0.4) is 0 Å². The highest BCUT2D eigenvalue weighted by Gasteiger charge is 2.24. The molecule has 104 valence electrons. The van der Waals surface area contributed by atoms with E-state index in [1.807, 2.05) is 0 Å². The van der Waals surface area contributed by atoms with Crippen LogP contribution < -0.4 is 0 Å². The van der Waals surface area contributed by atoms with Crippen LogP contribution in [0.5, 0.6) is 0 Å². The van der Waals surface area contributed by atoms with Crippen molar-refractivity contribution in [2.75, 3.05) is 0 Å². The van der Waals surface area contributed by atoms with Gasteiger partial charge in [-0.3, -0.25) is 4.68 Å². The van der Waals surface area contributed by atoms with Gasteiger partial charge in [0.2, 0.25) is 0 Å². The van der Waals surface area contributed by atoms with Crippen molar-refractivity contribution in [3.8, 4) is 11.3 Å². The van der Waals surface area contributed by atoms with E-state index in [2.05, 4.69) is 5.10 Å². The number of halogens is 1. The van der Waals surface area contributed by atoms with Crippen LogP contribution in [-0.4, -0.2) is 20.9 Å². The van der Waals surface area contributed by atoms with E-state index in [4.69, 9.17) is 0 Å². The van der Waals surface area contributed by atoms with Gasteiger partial charge >= 0.3 is 5.97 Å². The fraction of sp³-hybridized carbons (Fsp3) is 0.333. The second-order valence-electron chi connectivity index (χ2n) is 5.11. The van der Waals surface area contributed by atoms with Gasteiger partial charge in [-0.05, 0) is 43.2 Å². The lowest BCUT2D eigenvalue weighted by molar-refractivity contribution is 0.0680. The molecule has 1 aliphatic rings. The Bertz CT molecular complexity index is 628. The average Bonchev–Trinajstić information content (AvgIpc) is 3.08. The maximum atomic E-state index is 12.9. The maximum Gasteiger partial charge on any atom is 0.354 e. The van der Waals surface area contributed by atoms with Gasteiger partial charge < -0.3 is 5.11 Å². The minimum Gasteiger partial charge on any atom is -0.477 e. The molecule has 4 nitrogen and oxygen atoms in total. The van der Waals surface area contributed by atoms with Crippen molar-refractivity contribution in [1.82, 2.24) is 9.78 Å². The van der Waals surface area contributed by atoms with E-state index in [1.165, 1.54) is 12.1 Å². The molecule has 0 spiro atoms. The minimum absolute atomic E-state index is 0.162. The third kappa shape index (κ3) is 2.31. The first-order valence-corrected chi connectivity index (χ1v) is 6.74. The second kappa shape index (κ2) is 5.07. The second-order valence-corrected chi connectivity index (χ2v) is 5.11. The first-order valence-electron chi connectivity index (χ1n) is 6.74. The summed E-state index contributed by atoms with van der Waals surface area (Å²) in [6, 6.07) is 7.66. The molecular weight excluding hydrogens is 259 g/mol. The van der Waals surface area contributed by atoms with Crippen molar-refractivity contribution in [3.05, 3.63) is 41.8 Å². The number of carboxylic acid groups (broad SMARTS) is 1. The lowest BCUT2D eigenvalue weighted by Gasteiger charge is -2.11. The van der Waals surface area contributed by atoms with Gasteiger partial charge in [0.25, 0.3) is 0 Å². The van der Waals surface area contributed by atoms with Crippen molar-refractivity contribution < 1.29 is 14.3 Å². The standard InChI is InChI=1S/C15H15FN2O2/c16-11-7-5-10(6-8-11)13-9-14(15(19)20)18(17-13)12-3-1-2-4-12/h5-9,12H,1-4H2,(H,19,20). The van der Waals surface area contributed by atoms with Gasteiger partial charge in [0.05, 0.1) is 11.7 Å². The molecule has 0 saturated heterocycles. The van der Waals surface area contributed by atoms with E-state index >= 15 is 0 Å². The largest absolute Gasteiger partial charge is 0.477 e. The molecule has 20 heavy (non-hydrogen) atoms. The Morgan fingerprint density at radius 2 is 1.90 bits per heavy atom. The van der Waals surface area contributed by atoms with E-state index < -0.39 is 5.97 Å². The van der Waals surface area contributed by atoms with E-state index in [9.17, 15) is 14.3 Å². The number of aromatic carboxylic acids is 1. The summed E-state index contributed by atoms with van der Waals surface area (Å²) in [6.07, 6.45) is 4.14. The van der Waals surface area contributed by atoms with Crippen LogP contribution in [0.4, 0.5) is 4.39 Å². The summed E-state index contributed by atoms with van der Waals surface area (Å²) >= 11 is 0. The Morgan fingerprint density at radius 3 is 2.50 bits per heavy atom. The van der Waals surface area contributed by atoms with Crippen molar-refractivity contribution in [2.24, 2.45) is 0 Å². The number of hydrogen-bond acceptors (Lipinski definition) is 2. The molecule has 1 aliphatic carbocycles. The molecule has 0 aliphatic heterocycles. The summed E-state index contributed by atoms with van der Waals surface area (Å²) < 4.78 is 14.6. The molecule has 0 amide bonds. The number of carboxylic acids is 1. The topological polar surface area (TPSA) is 55.1 Å². The van der Waals surface area contributed by atoms with E-state index in [1.54, 1.807) is 22.9 Å². The minimum atomic E-state index is -0.974. The zero-order valence-electron chi connectivity index (χ0n) is 10.9. The average molecular weight is 274 g/mol. The highest BCUT2D eigenvalue weighted by molar-refractivity contribution is 5.87. The van der Waals surface area contributed by atoms with Crippen LogP contribution >= 0.6 is 0 Å². The third-order valence-corrected chi connectivity index (χ3v) is 3.77. The first-order chi connectivity index (χ1) is 9.65. The molecule has 0 radical (unpaired) electrons. The Balaban J connectivity index is 2.02. The maximum absolute atomic E-state index is 12.9. The summed E-state index contributed by atoms with van der Waals surface area (Å²) in [5.74, 6) is -1.29. The van der Waals surface area contributed by atoms with E-state index in [0.29, 0.717) is 5.69 Å². The number of nitrogens with zero attached hydrogens (tertiary/aromatic N) is 2. The third-order valence-electron chi connectivity index (χ3n) is 3.77. The lowest BCUT2D eigenvalue weighted by atomic mass is 10.1. The molecule has 0 bridgehead atoms. The molecule has 5 heteroatoms. The van der Waals surface area contributed by atoms with E-state index in [0.717, 1.165) is 31.2 Å². The van der Waals surface area contributed by atoms with Crippen molar-refractivity contribution in [3.63, 3.8) is 0 Å². The normalized spacial score (nSPS) is 15.7. The Labute approximate surface area is 115 Å². The van der Waals surface area contributed by atoms with Crippen molar-refractivity contribution in [1.29, 1.82) is 0 Å². The van der Waals surface area contributed by atoms with E-state index in [-0.39, 0.29) is 17.6 Å². The van der Waals surface area contributed by atoms with Gasteiger partial charge in [0.15, 0.2) is 0 Å². The Kier molecular flexibility index (Phi) is 3.26. The predicted molar refractivity (Wildman–Crippen MR) is 72.1 cm³/mol. The monoisotopic (exact) mass is 274 g/mol. The Hall–Kier alpha value is -2.17. The molecule has 1 N–H and O–H groups in total. The quantitative estimate of drug-likeness (QED) is 0.931. The van der Waals surface area contributed by atoms with Crippen LogP contribution in [0.25, 0.3) is 11.3 Å². The fourth-order valence-corrected chi connectivity index (χ4v) is 2.74. The molecular formula is C15H15FN2O2. The zero-order valence-corrected chi connectivity index (χ0v) is 10.9. The number of rotatable bonds is 3. The molecule has 0 atom stereocenters. The Morgan fingerprint density at radius 1 is 1.25 bits per heavy atom. The molecule has 1 saturated carbocycles. The molecule has 1 aromatic heterocycles. The summed E-state index contributed by atoms with van der Waals surface area (Å²) in [6.45, 7) is 0. The summed E-state index contributed by atoms with van der Waals surface area (Å²) in [5, 5.41) is 13.7. The number of aromatic nitrogens is 2. The van der Waals surface area contributed by atoms with Gasteiger partial charge in [0, 0.05) is 5.56 Å². The fourth-order valence-electron chi connectivity index (χ4n) is 2.74. The predicted octanol–water partition coefficient (Wildman–Crippen LogP) is 3.50. The summed E-state index contributed by atoms with van der Waals surface area (Å²) in [4.78, 5) is 11.4. The van der Waals surface area contributed by atoms with Crippen LogP contribution in [0.15, 0.2) is 30.3 Å².